The van der Waals surface area contributed by atoms with Crippen LogP contribution < -0.4 is 4.74 Å². The van der Waals surface area contributed by atoms with Crippen LogP contribution in [-0.2, 0) is 20.8 Å². The third kappa shape index (κ3) is 5.96. The molecule has 3 aliphatic rings. The van der Waals surface area contributed by atoms with E-state index in [4.69, 9.17) is 33.0 Å². The molecule has 0 spiro atoms. The van der Waals surface area contributed by atoms with Gasteiger partial charge in [0.25, 0.3) is 0 Å². The van der Waals surface area contributed by atoms with Crippen molar-refractivity contribution in [3.8, 4) is 5.75 Å². The van der Waals surface area contributed by atoms with Gasteiger partial charge in [-0.3, -0.25) is 9.59 Å². The second-order valence-electron chi connectivity index (χ2n) is 12.9. The van der Waals surface area contributed by atoms with Crippen LogP contribution in [0, 0.1) is 10.8 Å². The Kier molecular flexibility index (Phi) is 7.86. The quantitative estimate of drug-likeness (QED) is 0.359. The summed E-state index contributed by atoms with van der Waals surface area (Å²) in [4.78, 5) is 41.3. The van der Waals surface area contributed by atoms with Crippen molar-refractivity contribution in [2.75, 3.05) is 13.2 Å². The number of allylic oxidation sites excluding steroid dienone is 4. The summed E-state index contributed by atoms with van der Waals surface area (Å²) in [7, 11) is 0. The van der Waals surface area contributed by atoms with Crippen LogP contribution in [0.3, 0.4) is 0 Å². The fraction of sp³-hybridized carbons (Fsp3) is 0.424. The highest BCUT2D eigenvalue weighted by atomic mass is 35.5. The number of Topliss-reactive ketones (excluding diaryl/α,β-unsaturated/α-hetero) is 2. The van der Waals surface area contributed by atoms with E-state index >= 15 is 0 Å². The summed E-state index contributed by atoms with van der Waals surface area (Å²) in [5.74, 6) is -1.65. The van der Waals surface area contributed by atoms with Gasteiger partial charge in [-0.05, 0) is 53.4 Å². The number of carbonyl (C=O) groups excluding carboxylic acids is 2. The van der Waals surface area contributed by atoms with E-state index in [1.807, 2.05) is 18.2 Å². The standard InChI is InChI=1S/C33H35Cl2NO5/c1-32(2)14-23-29(25(37)16-32)28(20-12-21(34)31(22(35)13-20)41-18-27(39)40)30-24(15-33(3,4)17-26(30)38)36(23)11-10-19-8-6-5-7-9-19/h5-9,12-13,28H,10-11,14-18H2,1-4H3,(H,39,40). The van der Waals surface area contributed by atoms with Gasteiger partial charge >= 0.3 is 5.97 Å². The van der Waals surface area contributed by atoms with E-state index in [-0.39, 0.29) is 38.2 Å². The number of hydrogen-bond acceptors (Lipinski definition) is 5. The molecule has 41 heavy (non-hydrogen) atoms. The van der Waals surface area contributed by atoms with Crippen LogP contribution in [-0.4, -0.2) is 40.7 Å². The molecule has 0 bridgehead atoms. The molecule has 0 saturated heterocycles. The molecule has 0 saturated carbocycles. The molecule has 1 aliphatic heterocycles. The molecule has 2 aromatic rings. The highest BCUT2D eigenvalue weighted by Gasteiger charge is 2.49. The zero-order valence-corrected chi connectivity index (χ0v) is 25.4. The van der Waals surface area contributed by atoms with E-state index in [0.29, 0.717) is 48.9 Å². The molecule has 6 nitrogen and oxygen atoms in total. The molecule has 0 unspecified atom stereocenters. The van der Waals surface area contributed by atoms with Gasteiger partial charge in [-0.1, -0.05) is 81.2 Å². The zero-order valence-electron chi connectivity index (χ0n) is 23.9. The minimum Gasteiger partial charge on any atom is -0.479 e. The summed E-state index contributed by atoms with van der Waals surface area (Å²) in [6.45, 7) is 8.51. The van der Waals surface area contributed by atoms with E-state index in [1.165, 1.54) is 5.56 Å². The molecule has 0 aromatic heterocycles. The Balaban J connectivity index is 1.69. The number of ether oxygens (including phenoxy) is 1. The first-order chi connectivity index (χ1) is 19.3. The minimum atomic E-state index is -1.15. The normalized spacial score (nSPS) is 20.2. The Morgan fingerprint density at radius 2 is 1.41 bits per heavy atom. The van der Waals surface area contributed by atoms with E-state index in [9.17, 15) is 14.4 Å². The highest BCUT2D eigenvalue weighted by molar-refractivity contribution is 6.37. The van der Waals surface area contributed by atoms with Crippen molar-refractivity contribution in [1.29, 1.82) is 0 Å². The number of benzene rings is 2. The van der Waals surface area contributed by atoms with Crippen molar-refractivity contribution in [3.63, 3.8) is 0 Å². The van der Waals surface area contributed by atoms with Gasteiger partial charge in [0.1, 0.15) is 0 Å². The molecule has 0 atom stereocenters. The Hall–Kier alpha value is -3.09. The SMILES string of the molecule is CC1(C)CC(=O)C2=C(C1)N(CCc1ccccc1)C1=C(C(=O)CC(C)(C)C1)C2c1cc(Cl)c(OCC(=O)O)c(Cl)c1. The van der Waals surface area contributed by atoms with Gasteiger partial charge in [0.15, 0.2) is 23.9 Å². The van der Waals surface area contributed by atoms with Crippen molar-refractivity contribution in [1.82, 2.24) is 4.90 Å². The first kappa shape index (κ1) is 29.4. The molecule has 5 rings (SSSR count). The lowest BCUT2D eigenvalue weighted by Crippen LogP contribution is -2.45. The average Bonchev–Trinajstić information content (AvgIpc) is 2.85. The Labute approximate surface area is 251 Å². The largest absolute Gasteiger partial charge is 0.479 e. The van der Waals surface area contributed by atoms with Crippen molar-refractivity contribution >= 4 is 40.7 Å². The number of carbonyl (C=O) groups is 3. The summed E-state index contributed by atoms with van der Waals surface area (Å²) in [6, 6.07) is 13.6. The molecule has 0 amide bonds. The van der Waals surface area contributed by atoms with E-state index in [2.05, 4.69) is 44.7 Å². The smallest absolute Gasteiger partial charge is 0.341 e. The molecule has 8 heteroatoms. The first-order valence-corrected chi connectivity index (χ1v) is 14.7. The van der Waals surface area contributed by atoms with Crippen LogP contribution in [0.25, 0.3) is 0 Å². The van der Waals surface area contributed by atoms with Crippen LogP contribution in [0.4, 0.5) is 0 Å². The van der Waals surface area contributed by atoms with Crippen LogP contribution >= 0.6 is 23.2 Å². The number of nitrogens with zero attached hydrogens (tertiary/aromatic N) is 1. The summed E-state index contributed by atoms with van der Waals surface area (Å²) in [5, 5.41) is 9.33. The lowest BCUT2D eigenvalue weighted by Gasteiger charge is -2.49. The van der Waals surface area contributed by atoms with Gasteiger partial charge in [0.05, 0.1) is 10.0 Å². The van der Waals surface area contributed by atoms with Crippen molar-refractivity contribution in [2.45, 2.75) is 65.7 Å². The molecular formula is C33H35Cl2NO5. The van der Waals surface area contributed by atoms with Gasteiger partial charge in [0.2, 0.25) is 0 Å². The molecule has 1 N–H and O–H groups in total. The summed E-state index contributed by atoms with van der Waals surface area (Å²) >= 11 is 13.2. The molecule has 2 aromatic carbocycles. The average molecular weight is 597 g/mol. The number of carboxylic acids is 1. The van der Waals surface area contributed by atoms with Crippen LogP contribution in [0.2, 0.25) is 10.0 Å². The maximum Gasteiger partial charge on any atom is 0.341 e. The van der Waals surface area contributed by atoms with Crippen LogP contribution in [0.15, 0.2) is 65.0 Å². The Morgan fingerprint density at radius 1 is 0.902 bits per heavy atom. The lowest BCUT2D eigenvalue weighted by molar-refractivity contribution is -0.139. The molecule has 2 aliphatic carbocycles. The second kappa shape index (κ2) is 11.0. The maximum absolute atomic E-state index is 14.0. The molecule has 0 fully saturated rings. The monoisotopic (exact) mass is 595 g/mol. The molecule has 0 radical (unpaired) electrons. The van der Waals surface area contributed by atoms with Gasteiger partial charge in [-0.25, -0.2) is 4.79 Å². The highest BCUT2D eigenvalue weighted by Crippen LogP contribution is 2.55. The van der Waals surface area contributed by atoms with Gasteiger partial charge < -0.3 is 14.7 Å². The third-order valence-corrected chi connectivity index (χ3v) is 8.74. The van der Waals surface area contributed by atoms with E-state index < -0.39 is 18.5 Å². The molecule has 216 valence electrons. The second-order valence-corrected chi connectivity index (χ2v) is 13.7. The number of ketones is 2. The van der Waals surface area contributed by atoms with Gasteiger partial charge in [-0.15, -0.1) is 0 Å². The zero-order chi connectivity index (χ0) is 29.7. The summed E-state index contributed by atoms with van der Waals surface area (Å²) < 4.78 is 5.34. The lowest BCUT2D eigenvalue weighted by atomic mass is 9.63. The van der Waals surface area contributed by atoms with Crippen molar-refractivity contribution in [3.05, 3.63) is 86.2 Å². The van der Waals surface area contributed by atoms with E-state index in [0.717, 1.165) is 17.8 Å². The Bertz CT molecular complexity index is 1410. The topological polar surface area (TPSA) is 83.9 Å². The summed E-state index contributed by atoms with van der Waals surface area (Å²) in [6.07, 6.45) is 2.92. The third-order valence-electron chi connectivity index (χ3n) is 8.18. The maximum atomic E-state index is 14.0. The van der Waals surface area contributed by atoms with Crippen LogP contribution in [0.5, 0.6) is 5.75 Å². The van der Waals surface area contributed by atoms with Crippen molar-refractivity contribution < 1.29 is 24.2 Å². The number of carboxylic acid groups (broad SMARTS) is 1. The molecule has 1 heterocycles. The first-order valence-electron chi connectivity index (χ1n) is 13.9. The number of rotatable bonds is 7. The minimum absolute atomic E-state index is 0.0218. The van der Waals surface area contributed by atoms with E-state index in [1.54, 1.807) is 12.1 Å². The van der Waals surface area contributed by atoms with Crippen LogP contribution in [0.1, 0.15) is 70.4 Å². The fourth-order valence-electron chi connectivity index (χ4n) is 6.55. The number of halogens is 2. The van der Waals surface area contributed by atoms with Gasteiger partial charge in [0, 0.05) is 47.8 Å². The fourth-order valence-corrected chi connectivity index (χ4v) is 7.17. The van der Waals surface area contributed by atoms with Gasteiger partial charge in [-0.2, -0.15) is 0 Å². The predicted molar refractivity (Wildman–Crippen MR) is 159 cm³/mol. The Morgan fingerprint density at radius 3 is 1.90 bits per heavy atom. The summed E-state index contributed by atoms with van der Waals surface area (Å²) in [5.41, 5.74) is 4.56. The number of hydrogen-bond donors (Lipinski definition) is 1. The number of aliphatic carboxylic acids is 1. The van der Waals surface area contributed by atoms with Crippen molar-refractivity contribution in [2.24, 2.45) is 10.8 Å². The molecular weight excluding hydrogens is 561 g/mol. The predicted octanol–water partition coefficient (Wildman–Crippen LogP) is 7.39.